The first-order chi connectivity index (χ1) is 12.5. The van der Waals surface area contributed by atoms with Crippen LogP contribution in [0.3, 0.4) is 0 Å². The van der Waals surface area contributed by atoms with Gasteiger partial charge in [0.1, 0.15) is 5.92 Å². The van der Waals surface area contributed by atoms with Crippen LogP contribution in [0.25, 0.3) is 0 Å². The van der Waals surface area contributed by atoms with E-state index in [0.29, 0.717) is 30.7 Å². The van der Waals surface area contributed by atoms with Gasteiger partial charge in [0.15, 0.2) is 0 Å². The van der Waals surface area contributed by atoms with E-state index in [2.05, 4.69) is 26.0 Å². The van der Waals surface area contributed by atoms with Crippen molar-refractivity contribution in [3.8, 4) is 0 Å². The van der Waals surface area contributed by atoms with Crippen molar-refractivity contribution in [2.75, 3.05) is 24.5 Å². The number of hydrogen-bond acceptors (Lipinski definition) is 3. The molecule has 0 aromatic heterocycles. The maximum Gasteiger partial charge on any atom is 0.239 e. The number of rotatable bonds is 3. The van der Waals surface area contributed by atoms with Crippen LogP contribution in [-0.2, 0) is 9.59 Å². The molecule has 1 aromatic rings. The second-order valence-corrected chi connectivity index (χ2v) is 8.49. The summed E-state index contributed by atoms with van der Waals surface area (Å²) >= 11 is 0. The van der Waals surface area contributed by atoms with E-state index in [1.54, 1.807) is 4.90 Å². The molecule has 1 aromatic carbocycles. The van der Waals surface area contributed by atoms with E-state index in [-0.39, 0.29) is 30.3 Å². The number of benzene rings is 1. The molecule has 2 saturated heterocycles. The summed E-state index contributed by atoms with van der Waals surface area (Å²) in [7, 11) is 0. The first-order valence-corrected chi connectivity index (χ1v) is 9.91. The predicted molar refractivity (Wildman–Crippen MR) is 109 cm³/mol. The van der Waals surface area contributed by atoms with Gasteiger partial charge in [0.25, 0.3) is 0 Å². The van der Waals surface area contributed by atoms with Crippen molar-refractivity contribution in [3.63, 3.8) is 0 Å². The second kappa shape index (κ2) is 7.80. The molecule has 4 atom stereocenters. The van der Waals surface area contributed by atoms with Gasteiger partial charge in [-0.25, -0.2) is 0 Å². The lowest BCUT2D eigenvalue weighted by molar-refractivity contribution is -0.139. The normalized spacial score (nSPS) is 30.0. The van der Waals surface area contributed by atoms with Crippen molar-refractivity contribution in [2.45, 2.75) is 45.1 Å². The van der Waals surface area contributed by atoms with E-state index in [1.807, 2.05) is 17.0 Å². The smallest absolute Gasteiger partial charge is 0.239 e. The Bertz CT molecular complexity index is 706. The highest BCUT2D eigenvalue weighted by molar-refractivity contribution is 6.09. The lowest BCUT2D eigenvalue weighted by atomic mass is 9.98. The maximum atomic E-state index is 13.0. The van der Waals surface area contributed by atoms with Gasteiger partial charge < -0.3 is 15.5 Å². The van der Waals surface area contributed by atoms with Crippen LogP contribution < -0.4 is 10.6 Å². The summed E-state index contributed by atoms with van der Waals surface area (Å²) < 4.78 is 0. The zero-order valence-electron chi connectivity index (χ0n) is 16.1. The van der Waals surface area contributed by atoms with Gasteiger partial charge in [-0.05, 0) is 54.7 Å². The van der Waals surface area contributed by atoms with Gasteiger partial charge in [-0.2, -0.15) is 0 Å². The molecule has 4 unspecified atom stereocenters. The Morgan fingerprint density at radius 1 is 1.11 bits per heavy atom. The standard InChI is InChI=1S/C21H29N3O2.ClH/c1-13(2)14-3-6-16(7-4-14)24-10-9-17(21(24)26)20(25)23-11-15-5-8-19(22)18(15)12-23;/h3-4,6-7,13,15,17-19H,5,8-12,22H2,1-2H3;1H. The molecule has 3 fully saturated rings. The molecule has 148 valence electrons. The van der Waals surface area contributed by atoms with Crippen molar-refractivity contribution in [2.24, 2.45) is 23.5 Å². The number of nitrogens with zero attached hydrogens (tertiary/aromatic N) is 2. The van der Waals surface area contributed by atoms with E-state index in [9.17, 15) is 9.59 Å². The number of hydrogen-bond donors (Lipinski definition) is 1. The topological polar surface area (TPSA) is 66.6 Å². The Labute approximate surface area is 167 Å². The molecule has 0 radical (unpaired) electrons. The van der Waals surface area contributed by atoms with E-state index in [0.717, 1.165) is 31.6 Å². The van der Waals surface area contributed by atoms with Crippen LogP contribution in [-0.4, -0.2) is 42.4 Å². The average molecular weight is 392 g/mol. The number of anilines is 1. The molecule has 2 heterocycles. The zero-order valence-corrected chi connectivity index (χ0v) is 17.0. The monoisotopic (exact) mass is 391 g/mol. The van der Waals surface area contributed by atoms with Crippen molar-refractivity contribution >= 4 is 29.9 Å². The van der Waals surface area contributed by atoms with Gasteiger partial charge >= 0.3 is 0 Å². The molecular formula is C21H30ClN3O2. The molecule has 2 aliphatic heterocycles. The van der Waals surface area contributed by atoms with Gasteiger partial charge in [0.2, 0.25) is 11.8 Å². The SMILES string of the molecule is CC(C)c1ccc(N2CCC(C(=O)N3CC4CCC(N)C4C3)C2=O)cc1.Cl. The minimum absolute atomic E-state index is 0. The minimum Gasteiger partial charge on any atom is -0.341 e. The van der Waals surface area contributed by atoms with Gasteiger partial charge in [-0.3, -0.25) is 9.59 Å². The van der Waals surface area contributed by atoms with E-state index in [4.69, 9.17) is 5.73 Å². The molecule has 1 aliphatic carbocycles. The van der Waals surface area contributed by atoms with E-state index >= 15 is 0 Å². The van der Waals surface area contributed by atoms with Crippen LogP contribution in [0.15, 0.2) is 24.3 Å². The highest BCUT2D eigenvalue weighted by atomic mass is 35.5. The predicted octanol–water partition coefficient (Wildman–Crippen LogP) is 2.78. The van der Waals surface area contributed by atoms with Crippen LogP contribution in [0.2, 0.25) is 0 Å². The van der Waals surface area contributed by atoms with Crippen molar-refractivity contribution in [3.05, 3.63) is 29.8 Å². The van der Waals surface area contributed by atoms with Crippen molar-refractivity contribution in [1.82, 2.24) is 4.90 Å². The molecule has 0 bridgehead atoms. The molecule has 0 spiro atoms. The molecule has 6 heteroatoms. The number of likely N-dealkylation sites (tertiary alicyclic amines) is 1. The highest BCUT2D eigenvalue weighted by Crippen LogP contribution is 2.38. The largest absolute Gasteiger partial charge is 0.341 e. The molecule has 3 aliphatic rings. The molecule has 2 amide bonds. The van der Waals surface area contributed by atoms with Crippen LogP contribution in [0, 0.1) is 17.8 Å². The Hall–Kier alpha value is -1.59. The van der Waals surface area contributed by atoms with E-state index < -0.39 is 5.92 Å². The third-order valence-corrected chi connectivity index (χ3v) is 6.60. The van der Waals surface area contributed by atoms with Crippen molar-refractivity contribution in [1.29, 1.82) is 0 Å². The summed E-state index contributed by atoms with van der Waals surface area (Å²) in [6.45, 7) is 6.45. The maximum absolute atomic E-state index is 13.0. The summed E-state index contributed by atoms with van der Waals surface area (Å²) in [6.07, 6.45) is 2.80. The fourth-order valence-corrected chi connectivity index (χ4v) is 4.91. The molecule has 5 nitrogen and oxygen atoms in total. The number of fused-ring (bicyclic) bond motifs is 1. The fourth-order valence-electron chi connectivity index (χ4n) is 4.91. The highest BCUT2D eigenvalue weighted by Gasteiger charge is 2.46. The third-order valence-electron chi connectivity index (χ3n) is 6.60. The van der Waals surface area contributed by atoms with Gasteiger partial charge in [-0.15, -0.1) is 12.4 Å². The minimum atomic E-state index is -0.519. The van der Waals surface area contributed by atoms with Gasteiger partial charge in [0, 0.05) is 31.4 Å². The van der Waals surface area contributed by atoms with E-state index in [1.165, 1.54) is 5.56 Å². The summed E-state index contributed by atoms with van der Waals surface area (Å²) in [5.41, 5.74) is 8.34. The Morgan fingerprint density at radius 3 is 2.44 bits per heavy atom. The first-order valence-electron chi connectivity index (χ1n) is 9.91. The number of carbonyl (C=O) groups is 2. The fraction of sp³-hybridized carbons (Fsp3) is 0.619. The summed E-state index contributed by atoms with van der Waals surface area (Å²) in [5.74, 6) is 0.871. The Kier molecular flexibility index (Phi) is 5.82. The van der Waals surface area contributed by atoms with Crippen LogP contribution in [0.4, 0.5) is 5.69 Å². The molecule has 4 rings (SSSR count). The number of carbonyl (C=O) groups excluding carboxylic acids is 2. The van der Waals surface area contributed by atoms with Gasteiger partial charge in [-0.1, -0.05) is 26.0 Å². The average Bonchev–Trinajstić information content (AvgIpc) is 3.31. The second-order valence-electron chi connectivity index (χ2n) is 8.49. The number of amides is 2. The van der Waals surface area contributed by atoms with Crippen LogP contribution in [0.5, 0.6) is 0 Å². The third kappa shape index (κ3) is 3.59. The lowest BCUT2D eigenvalue weighted by Gasteiger charge is -2.22. The van der Waals surface area contributed by atoms with Crippen LogP contribution in [0.1, 0.15) is 44.6 Å². The summed E-state index contributed by atoms with van der Waals surface area (Å²) in [5, 5.41) is 0. The molecule has 2 N–H and O–H groups in total. The van der Waals surface area contributed by atoms with Crippen molar-refractivity contribution < 1.29 is 9.59 Å². The Morgan fingerprint density at radius 2 is 1.81 bits per heavy atom. The lowest BCUT2D eigenvalue weighted by Crippen LogP contribution is -2.40. The van der Waals surface area contributed by atoms with Crippen LogP contribution >= 0.6 is 12.4 Å². The number of halogens is 1. The first kappa shape index (κ1) is 20.2. The molecule has 1 saturated carbocycles. The molecular weight excluding hydrogens is 362 g/mol. The Balaban J connectivity index is 0.00000210. The molecule has 27 heavy (non-hydrogen) atoms. The quantitative estimate of drug-likeness (QED) is 0.805. The zero-order chi connectivity index (χ0) is 18.4. The summed E-state index contributed by atoms with van der Waals surface area (Å²) in [6, 6.07) is 8.36. The van der Waals surface area contributed by atoms with Gasteiger partial charge in [0.05, 0.1) is 0 Å². The number of nitrogens with two attached hydrogens (primary N) is 1. The summed E-state index contributed by atoms with van der Waals surface area (Å²) in [4.78, 5) is 29.5.